The Kier molecular flexibility index (Phi) is 5.57. The molecule has 1 saturated carbocycles. The van der Waals surface area contributed by atoms with Crippen LogP contribution < -0.4 is 10.6 Å². The van der Waals surface area contributed by atoms with Gasteiger partial charge in [-0.2, -0.15) is 0 Å². The van der Waals surface area contributed by atoms with Crippen LogP contribution in [-0.4, -0.2) is 30.4 Å². The molecule has 1 aliphatic rings. The summed E-state index contributed by atoms with van der Waals surface area (Å²) in [7, 11) is 1.53. The van der Waals surface area contributed by atoms with Gasteiger partial charge in [0.05, 0.1) is 5.69 Å². The van der Waals surface area contributed by atoms with Gasteiger partial charge in [-0.05, 0) is 36.0 Å². The van der Waals surface area contributed by atoms with Crippen molar-refractivity contribution in [3.8, 4) is 0 Å². The van der Waals surface area contributed by atoms with E-state index in [-0.39, 0.29) is 17.5 Å². The molecule has 1 heterocycles. The third kappa shape index (κ3) is 4.22. The molecule has 0 radical (unpaired) electrons. The molecule has 0 aliphatic heterocycles. The van der Waals surface area contributed by atoms with E-state index in [1.807, 2.05) is 30.3 Å². The highest BCUT2D eigenvalue weighted by Gasteiger charge is 2.32. The fraction of sp³-hybridized carbons (Fsp3) is 0.350. The summed E-state index contributed by atoms with van der Waals surface area (Å²) in [5.41, 5.74) is 1.90. The average molecular weight is 372 g/mol. The number of nitrogens with one attached hydrogen (secondary N) is 2. The van der Waals surface area contributed by atoms with Gasteiger partial charge in [-0.1, -0.05) is 37.3 Å². The largest absolute Gasteiger partial charge is 0.354 e. The number of hydrogen-bond donors (Lipinski definition) is 2. The topological polar surface area (TPSA) is 71.1 Å². The lowest BCUT2D eigenvalue weighted by atomic mass is 10.1. The lowest BCUT2D eigenvalue weighted by Crippen LogP contribution is -2.27. The van der Waals surface area contributed by atoms with Crippen LogP contribution in [0.3, 0.4) is 0 Å². The molecule has 136 valence electrons. The summed E-state index contributed by atoms with van der Waals surface area (Å²) in [4.78, 5) is 29.0. The van der Waals surface area contributed by atoms with Crippen LogP contribution in [0.2, 0.25) is 0 Å². The predicted octanol–water partition coefficient (Wildman–Crippen LogP) is 3.16. The molecule has 6 heteroatoms. The average Bonchev–Trinajstić information content (AvgIpc) is 3.40. The fourth-order valence-corrected chi connectivity index (χ4v) is 3.12. The summed E-state index contributed by atoms with van der Waals surface area (Å²) in [5, 5.41) is 4.94. The van der Waals surface area contributed by atoms with E-state index >= 15 is 0 Å². The van der Waals surface area contributed by atoms with Crippen LogP contribution in [0.4, 0.5) is 0 Å². The van der Waals surface area contributed by atoms with E-state index in [1.54, 1.807) is 6.07 Å². The fourth-order valence-electron chi connectivity index (χ4n) is 2.86. The Labute approximate surface area is 158 Å². The number of nitrogens with zero attached hydrogens (tertiary/aromatic N) is 1. The van der Waals surface area contributed by atoms with Gasteiger partial charge >= 0.3 is 0 Å². The van der Waals surface area contributed by atoms with Gasteiger partial charge in [-0.25, -0.2) is 4.98 Å². The number of alkyl halides is 1. The van der Waals surface area contributed by atoms with Gasteiger partial charge in [-0.15, -0.1) is 11.6 Å². The molecule has 2 amide bonds. The van der Waals surface area contributed by atoms with Crippen LogP contribution in [0.5, 0.6) is 0 Å². The molecular weight excluding hydrogens is 350 g/mol. The Hall–Kier alpha value is -2.40. The van der Waals surface area contributed by atoms with Gasteiger partial charge in [-0.3, -0.25) is 9.59 Å². The maximum atomic E-state index is 12.5. The Morgan fingerprint density at radius 1 is 1.23 bits per heavy atom. The number of benzene rings is 1. The zero-order valence-corrected chi connectivity index (χ0v) is 15.6. The van der Waals surface area contributed by atoms with E-state index in [0.29, 0.717) is 29.6 Å². The second kappa shape index (κ2) is 7.87. The molecule has 1 aromatic heterocycles. The second-order valence-corrected chi connectivity index (χ2v) is 7.14. The van der Waals surface area contributed by atoms with Crippen molar-refractivity contribution in [3.05, 3.63) is 65.0 Å². The zero-order chi connectivity index (χ0) is 18.7. The molecule has 5 nitrogen and oxygen atoms in total. The summed E-state index contributed by atoms with van der Waals surface area (Å²) in [5.74, 6) is 0.641. The van der Waals surface area contributed by atoms with Gasteiger partial charge in [0.1, 0.15) is 11.1 Å². The number of aromatic nitrogens is 1. The van der Waals surface area contributed by atoms with Crippen LogP contribution in [-0.2, 0) is 0 Å². The third-order valence-corrected chi connectivity index (χ3v) is 5.20. The van der Waals surface area contributed by atoms with Crippen molar-refractivity contribution in [3.63, 3.8) is 0 Å². The van der Waals surface area contributed by atoms with Crippen molar-refractivity contribution in [2.75, 3.05) is 13.6 Å². The summed E-state index contributed by atoms with van der Waals surface area (Å²) in [6.07, 6.45) is 1.14. The van der Waals surface area contributed by atoms with Crippen LogP contribution in [0, 0.1) is 11.8 Å². The van der Waals surface area contributed by atoms with Crippen LogP contribution in [0.1, 0.15) is 50.8 Å². The number of pyridine rings is 1. The predicted molar refractivity (Wildman–Crippen MR) is 101 cm³/mol. The quantitative estimate of drug-likeness (QED) is 0.766. The molecule has 1 fully saturated rings. The third-order valence-electron chi connectivity index (χ3n) is 4.72. The van der Waals surface area contributed by atoms with Crippen LogP contribution in [0.15, 0.2) is 42.5 Å². The minimum Gasteiger partial charge on any atom is -0.354 e. The number of rotatable bonds is 6. The van der Waals surface area contributed by atoms with E-state index in [1.165, 1.54) is 13.1 Å². The normalized spacial score (nSPS) is 19.5. The Balaban J connectivity index is 1.88. The molecule has 2 aromatic rings. The second-order valence-electron chi connectivity index (χ2n) is 6.70. The number of amides is 2. The number of carbonyl (C=O) groups excluding carboxylic acids is 2. The first-order chi connectivity index (χ1) is 12.5. The van der Waals surface area contributed by atoms with E-state index in [2.05, 4.69) is 22.5 Å². The maximum Gasteiger partial charge on any atom is 0.269 e. The van der Waals surface area contributed by atoms with Gasteiger partial charge < -0.3 is 10.6 Å². The smallest absolute Gasteiger partial charge is 0.269 e. The SMILES string of the molecule is CNC(=O)c1cc(C(=O)NCC2C[C@@H]2C)cc(C(Cl)c2ccccc2)n1. The minimum absolute atomic E-state index is 0.177. The number of halogens is 1. The van der Waals surface area contributed by atoms with E-state index in [9.17, 15) is 9.59 Å². The molecule has 0 bridgehead atoms. The lowest BCUT2D eigenvalue weighted by Gasteiger charge is -2.13. The van der Waals surface area contributed by atoms with E-state index in [0.717, 1.165) is 12.0 Å². The van der Waals surface area contributed by atoms with Crippen molar-refractivity contribution in [2.45, 2.75) is 18.7 Å². The summed E-state index contributed by atoms with van der Waals surface area (Å²) < 4.78 is 0. The first kappa shape index (κ1) is 18.4. The molecule has 0 saturated heterocycles. The van der Waals surface area contributed by atoms with Crippen molar-refractivity contribution >= 4 is 23.4 Å². The number of carbonyl (C=O) groups is 2. The van der Waals surface area contributed by atoms with Crippen molar-refractivity contribution < 1.29 is 9.59 Å². The monoisotopic (exact) mass is 371 g/mol. The highest BCUT2D eigenvalue weighted by molar-refractivity contribution is 6.22. The van der Waals surface area contributed by atoms with E-state index < -0.39 is 5.38 Å². The van der Waals surface area contributed by atoms with Crippen molar-refractivity contribution in [1.82, 2.24) is 15.6 Å². The van der Waals surface area contributed by atoms with Gasteiger partial charge in [0, 0.05) is 19.2 Å². The standard InChI is InChI=1S/C20H22ClN3O2/c1-12-8-15(12)11-23-19(25)14-9-16(24-17(10-14)20(26)22-2)18(21)13-6-4-3-5-7-13/h3-7,9-10,12,15,18H,8,11H2,1-2H3,(H,22,26)(H,23,25)/t12-,15?,18?/m0/s1. The Bertz CT molecular complexity index is 810. The first-order valence-corrected chi connectivity index (χ1v) is 9.14. The molecule has 2 N–H and O–H groups in total. The summed E-state index contributed by atoms with van der Waals surface area (Å²) in [6, 6.07) is 12.6. The summed E-state index contributed by atoms with van der Waals surface area (Å²) >= 11 is 6.56. The van der Waals surface area contributed by atoms with Gasteiger partial charge in [0.2, 0.25) is 0 Å². The Morgan fingerprint density at radius 2 is 1.92 bits per heavy atom. The minimum atomic E-state index is -0.546. The highest BCUT2D eigenvalue weighted by atomic mass is 35.5. The molecule has 3 atom stereocenters. The molecule has 3 rings (SSSR count). The molecular formula is C20H22ClN3O2. The summed E-state index contributed by atoms with van der Waals surface area (Å²) in [6.45, 7) is 2.82. The van der Waals surface area contributed by atoms with E-state index in [4.69, 9.17) is 11.6 Å². The van der Waals surface area contributed by atoms with Gasteiger partial charge in [0.25, 0.3) is 11.8 Å². The first-order valence-electron chi connectivity index (χ1n) is 8.71. The van der Waals surface area contributed by atoms with Crippen molar-refractivity contribution in [1.29, 1.82) is 0 Å². The highest BCUT2D eigenvalue weighted by Crippen LogP contribution is 2.36. The van der Waals surface area contributed by atoms with Crippen LogP contribution >= 0.6 is 11.6 Å². The molecule has 0 spiro atoms. The molecule has 26 heavy (non-hydrogen) atoms. The van der Waals surface area contributed by atoms with Crippen molar-refractivity contribution in [2.24, 2.45) is 11.8 Å². The lowest BCUT2D eigenvalue weighted by molar-refractivity contribution is 0.0951. The molecule has 1 aromatic carbocycles. The van der Waals surface area contributed by atoms with Gasteiger partial charge in [0.15, 0.2) is 0 Å². The number of hydrogen-bond acceptors (Lipinski definition) is 3. The maximum absolute atomic E-state index is 12.5. The zero-order valence-electron chi connectivity index (χ0n) is 14.8. The molecule has 2 unspecified atom stereocenters. The Morgan fingerprint density at radius 3 is 2.54 bits per heavy atom. The molecule has 1 aliphatic carbocycles. The van der Waals surface area contributed by atoms with Crippen LogP contribution in [0.25, 0.3) is 0 Å².